The number of likely N-dealkylation sites (tertiary alicyclic amines) is 1. The van der Waals surface area contributed by atoms with E-state index in [4.69, 9.17) is 18.9 Å². The second kappa shape index (κ2) is 42.6. The van der Waals surface area contributed by atoms with E-state index in [0.717, 1.165) is 51.4 Å². The number of ether oxygens (including phenoxy) is 4. The molecule has 15 nitrogen and oxygen atoms in total. The summed E-state index contributed by atoms with van der Waals surface area (Å²) in [7, 11) is 0. The van der Waals surface area contributed by atoms with Crippen molar-refractivity contribution in [3.05, 3.63) is 24.3 Å². The molecule has 0 aromatic rings. The minimum atomic E-state index is -4.90. The largest absolute Gasteiger partial charge is 1.00 e. The van der Waals surface area contributed by atoms with Gasteiger partial charge in [0.15, 0.2) is 6.29 Å². The molecule has 2 saturated heterocycles. The molecule has 0 radical (unpaired) electrons. The number of β-amino-alcohol motifs (C(OH)–C–C–N with tert-alkyl or cyclic N) is 1. The Bertz CT molecular complexity index is 1210. The summed E-state index contributed by atoms with van der Waals surface area (Å²) in [5, 5.41) is 64.2. The van der Waals surface area contributed by atoms with Crippen LogP contribution in [-0.4, -0.2) is 156 Å². The maximum absolute atomic E-state index is 11.6. The molecule has 1 unspecified atom stereocenters. The molecule has 2 rings (SSSR count). The molecule has 68 heavy (non-hydrogen) atoms. The van der Waals surface area contributed by atoms with Gasteiger partial charge in [0, 0.05) is 37.5 Å². The van der Waals surface area contributed by atoms with E-state index < -0.39 is 85.5 Å². The first-order valence-electron chi connectivity index (χ1n) is 26.6. The van der Waals surface area contributed by atoms with Crippen LogP contribution in [0.15, 0.2) is 24.3 Å². The standard InChI is InChI=1S/C51H99NO14S.Na/c1-3-5-7-9-11-13-15-17-19-21-23-25-27-29-31-33-35-62-41-42(63-36-34-32-30-28-26-24-22-20-18-16-14-12-10-8-6-4-2)37-52-38-44(55)49(46(56)43(52)39-53)65-51-48(58)50(66-67(59,60)61)47(57)45(40-54)64-51;/h17-20,42-51,53-61H,3-16,21-41H2,1-2H3;/q;+1/p-1/b19-17-,20-18-;/t42?,43-,44+,45-,46-,47+,48-,49-,50+,51+;/m1./s1. The monoisotopic (exact) mass is 1000 g/mol. The first-order valence-corrected chi connectivity index (χ1v) is 28.0. The molecule has 0 aliphatic carbocycles. The van der Waals surface area contributed by atoms with Crippen molar-refractivity contribution in [3.63, 3.8) is 0 Å². The van der Waals surface area contributed by atoms with Crippen LogP contribution < -0.4 is 29.6 Å². The molecule has 0 aromatic carbocycles. The van der Waals surface area contributed by atoms with Crippen molar-refractivity contribution in [1.82, 2.24) is 4.90 Å². The fourth-order valence-electron chi connectivity index (χ4n) is 9.01. The van der Waals surface area contributed by atoms with E-state index in [2.05, 4.69) is 42.3 Å². The van der Waals surface area contributed by atoms with Gasteiger partial charge in [-0.25, -0.2) is 0 Å². The minimum Gasteiger partial charge on any atom is -0.751 e. The summed E-state index contributed by atoms with van der Waals surface area (Å²) in [5.74, 6) is 0. The Kier molecular flexibility index (Phi) is 41.5. The Labute approximate surface area is 435 Å². The summed E-state index contributed by atoms with van der Waals surface area (Å²) >= 11 is -4.90. The Morgan fingerprint density at radius 2 is 1.06 bits per heavy atom. The average Bonchev–Trinajstić information content (AvgIpc) is 3.30. The summed E-state index contributed by atoms with van der Waals surface area (Å²) in [5.41, 5.74) is 0. The van der Waals surface area contributed by atoms with Gasteiger partial charge >= 0.3 is 29.6 Å². The summed E-state index contributed by atoms with van der Waals surface area (Å²) < 4.78 is 58.6. The van der Waals surface area contributed by atoms with Crippen LogP contribution in [0.25, 0.3) is 0 Å². The Balaban J connectivity index is 0.0000231. The van der Waals surface area contributed by atoms with Crippen molar-refractivity contribution in [3.8, 4) is 0 Å². The summed E-state index contributed by atoms with van der Waals surface area (Å²) in [6, 6.07) is -0.929. The molecule has 2 aliphatic rings. The Hall–Kier alpha value is 0.230. The molecule has 0 aromatic heterocycles. The van der Waals surface area contributed by atoms with Crippen molar-refractivity contribution in [1.29, 1.82) is 0 Å². The van der Waals surface area contributed by atoms with E-state index in [1.807, 2.05) is 0 Å². The maximum atomic E-state index is 11.6. The van der Waals surface area contributed by atoms with E-state index >= 15 is 0 Å². The topological polar surface area (TPSA) is 234 Å². The normalized spacial score (nSPS) is 25.7. The van der Waals surface area contributed by atoms with Gasteiger partial charge in [-0.05, 0) is 64.2 Å². The second-order valence-electron chi connectivity index (χ2n) is 19.0. The number of unbranched alkanes of at least 4 members (excludes halogenated alkanes) is 24. The molecule has 0 spiro atoms. The zero-order chi connectivity index (χ0) is 49.0. The second-order valence-corrected chi connectivity index (χ2v) is 20.1. The predicted octanol–water partition coefficient (Wildman–Crippen LogP) is 5.87. The van der Waals surface area contributed by atoms with Gasteiger partial charge in [-0.1, -0.05) is 154 Å². The van der Waals surface area contributed by atoms with Gasteiger partial charge in [-0.15, -0.1) is 0 Å². The summed E-state index contributed by atoms with van der Waals surface area (Å²) in [4.78, 5) is 1.73. The molecule has 8 N–H and O–H groups in total. The molecule has 10 atom stereocenters. The van der Waals surface area contributed by atoms with Crippen LogP contribution in [0.3, 0.4) is 0 Å². The van der Waals surface area contributed by atoms with E-state index in [1.165, 1.54) is 128 Å². The smallest absolute Gasteiger partial charge is 0.751 e. The Morgan fingerprint density at radius 1 is 0.603 bits per heavy atom. The van der Waals surface area contributed by atoms with Crippen molar-refractivity contribution in [2.24, 2.45) is 0 Å². The van der Waals surface area contributed by atoms with E-state index in [1.54, 1.807) is 4.90 Å². The molecule has 0 bridgehead atoms. The van der Waals surface area contributed by atoms with Crippen molar-refractivity contribution < 1.29 is 97.0 Å². The SMILES string of the molecule is CCCCCCCC/C=C\CCCCCCCCOCC(CN1C[C@H](O)[C@@H](O[C@@H]2O[C@H](CO)[C@H](O)[C@H](OS([O-])(O)O)[C@H]2O)[C@H](O)[C@H]1CO)OCCCCCCCC/C=C\CCCCCCCC.[Na+]. The zero-order valence-electron chi connectivity index (χ0n) is 42.7. The molecule has 0 saturated carbocycles. The first-order chi connectivity index (χ1) is 32.5. The number of hydrogen-bond acceptors (Lipinski definition) is 15. The Morgan fingerprint density at radius 3 is 1.51 bits per heavy atom. The number of allylic oxidation sites excluding steroid dienone is 4. The van der Waals surface area contributed by atoms with E-state index in [-0.39, 0.29) is 42.6 Å². The van der Waals surface area contributed by atoms with Gasteiger partial charge < -0.3 is 63.2 Å². The van der Waals surface area contributed by atoms with Crippen LogP contribution in [0.1, 0.15) is 194 Å². The molecule has 2 fully saturated rings. The van der Waals surface area contributed by atoms with Crippen molar-refractivity contribution in [2.45, 2.75) is 255 Å². The average molecular weight is 1000 g/mol. The van der Waals surface area contributed by atoms with Gasteiger partial charge in [-0.2, -0.15) is 0 Å². The van der Waals surface area contributed by atoms with Crippen LogP contribution in [0, 0.1) is 0 Å². The first kappa shape index (κ1) is 66.2. The van der Waals surface area contributed by atoms with Gasteiger partial charge in [0.25, 0.3) is 0 Å². The number of rotatable bonds is 43. The summed E-state index contributed by atoms with van der Waals surface area (Å²) in [6.07, 6.45) is 29.8. The number of piperidine rings is 1. The van der Waals surface area contributed by atoms with E-state index in [0.29, 0.717) is 19.8 Å². The number of aliphatic hydroxyl groups is 6. The van der Waals surface area contributed by atoms with Gasteiger partial charge in [0.2, 0.25) is 0 Å². The molecular formula is C51H98NNaO14S. The number of aliphatic hydroxyl groups excluding tert-OH is 6. The quantitative estimate of drug-likeness (QED) is 0.0203. The van der Waals surface area contributed by atoms with Crippen LogP contribution in [0.2, 0.25) is 0 Å². The van der Waals surface area contributed by atoms with Crippen LogP contribution >= 0.6 is 11.2 Å². The third kappa shape index (κ3) is 30.4. The fourth-order valence-corrected chi connectivity index (χ4v) is 9.52. The van der Waals surface area contributed by atoms with Gasteiger partial charge in [0.1, 0.15) is 36.6 Å². The minimum absolute atomic E-state index is 0. The molecule has 2 aliphatic heterocycles. The third-order valence-corrected chi connectivity index (χ3v) is 13.6. The molecule has 17 heteroatoms. The van der Waals surface area contributed by atoms with Gasteiger partial charge in [0.05, 0.1) is 38.1 Å². The van der Waals surface area contributed by atoms with Gasteiger partial charge in [-0.3, -0.25) is 9.08 Å². The zero-order valence-corrected chi connectivity index (χ0v) is 45.5. The molecule has 398 valence electrons. The van der Waals surface area contributed by atoms with Crippen molar-refractivity contribution >= 4 is 11.2 Å². The summed E-state index contributed by atoms with van der Waals surface area (Å²) in [6.45, 7) is 4.75. The van der Waals surface area contributed by atoms with E-state index in [9.17, 15) is 44.3 Å². The number of hydrogen-bond donors (Lipinski definition) is 8. The predicted molar refractivity (Wildman–Crippen MR) is 265 cm³/mol. The van der Waals surface area contributed by atoms with Crippen LogP contribution in [-0.2, 0) is 23.1 Å². The van der Waals surface area contributed by atoms with Crippen LogP contribution in [0.5, 0.6) is 0 Å². The van der Waals surface area contributed by atoms with Crippen LogP contribution in [0.4, 0.5) is 0 Å². The maximum Gasteiger partial charge on any atom is 1.00 e. The third-order valence-electron chi connectivity index (χ3n) is 13.1. The molecule has 0 amide bonds. The molecule has 2 heterocycles. The fraction of sp³-hybridized carbons (Fsp3) is 0.922. The van der Waals surface area contributed by atoms with Crippen molar-refractivity contribution in [2.75, 3.05) is 46.1 Å². The molecular weight excluding hydrogens is 906 g/mol. The number of nitrogens with zero attached hydrogens (tertiary/aromatic N) is 1.